The normalized spacial score (nSPS) is 17.5. The summed E-state index contributed by atoms with van der Waals surface area (Å²) < 4.78 is 57.4. The first-order valence-electron chi connectivity index (χ1n) is 14.4. The van der Waals surface area contributed by atoms with Crippen LogP contribution in [0.25, 0.3) is 22.6 Å². The van der Waals surface area contributed by atoms with Crippen LogP contribution in [0.1, 0.15) is 51.9 Å². The number of nitrogens with zero attached hydrogens (tertiary/aromatic N) is 4. The molecule has 0 radical (unpaired) electrons. The Labute approximate surface area is 262 Å². The average Bonchev–Trinajstić information content (AvgIpc) is 3.66. The van der Waals surface area contributed by atoms with Gasteiger partial charge >= 0.3 is 12.1 Å². The number of carboxylic acid groups (broad SMARTS) is 1. The molecule has 0 bridgehead atoms. The van der Waals surface area contributed by atoms with Crippen molar-refractivity contribution in [1.29, 1.82) is 0 Å². The van der Waals surface area contributed by atoms with Gasteiger partial charge in [-0.15, -0.1) is 0 Å². The number of carbonyl (C=O) groups excluding carboxylic acids is 2. The lowest BCUT2D eigenvalue weighted by molar-refractivity contribution is -0.192. The summed E-state index contributed by atoms with van der Waals surface area (Å²) in [5.74, 6) is -2.24. The maximum absolute atomic E-state index is 13.3. The van der Waals surface area contributed by atoms with Crippen LogP contribution < -0.4 is 5.32 Å². The van der Waals surface area contributed by atoms with Gasteiger partial charge in [0.25, 0.3) is 11.8 Å². The first-order chi connectivity index (χ1) is 21.4. The summed E-state index contributed by atoms with van der Waals surface area (Å²) in [6, 6.07) is 7.30. The van der Waals surface area contributed by atoms with Crippen molar-refractivity contribution in [1.82, 2.24) is 30.1 Å². The number of aromatic nitrogens is 3. The molecule has 1 atom stereocenters. The van der Waals surface area contributed by atoms with E-state index in [1.807, 2.05) is 26.1 Å². The molecule has 2 aromatic heterocycles. The Bertz CT molecular complexity index is 1820. The molecule has 2 fully saturated rings. The first kappa shape index (κ1) is 33.1. The number of benzene rings is 1. The molecule has 2 amide bonds. The summed E-state index contributed by atoms with van der Waals surface area (Å²) in [6.45, 7) is 5.84. The molecule has 1 aromatic carbocycles. The molecule has 12 nitrogen and oxygen atoms in total. The Morgan fingerprint density at radius 3 is 2.37 bits per heavy atom. The zero-order chi connectivity index (χ0) is 33.7. The van der Waals surface area contributed by atoms with E-state index >= 15 is 0 Å². The first-order valence-corrected chi connectivity index (χ1v) is 16.3. The number of rotatable bonds is 7. The predicted molar refractivity (Wildman–Crippen MR) is 160 cm³/mol. The number of hydrogen-bond donors (Lipinski definition) is 3. The lowest BCUT2D eigenvalue weighted by Crippen LogP contribution is -2.57. The molecule has 6 rings (SSSR count). The maximum atomic E-state index is 13.3. The van der Waals surface area contributed by atoms with Crippen LogP contribution in [0, 0.1) is 12.8 Å². The van der Waals surface area contributed by atoms with Gasteiger partial charge in [0.05, 0.1) is 22.2 Å². The largest absolute Gasteiger partial charge is 0.490 e. The molecule has 0 spiro atoms. The minimum Gasteiger partial charge on any atom is -0.475 e. The number of aliphatic carboxylic acids is 1. The molecule has 3 aromatic rings. The van der Waals surface area contributed by atoms with Crippen LogP contribution in [0.4, 0.5) is 13.2 Å². The highest BCUT2D eigenvalue weighted by Crippen LogP contribution is 2.41. The van der Waals surface area contributed by atoms with Gasteiger partial charge in [0.1, 0.15) is 11.4 Å². The minimum atomic E-state index is -5.08. The third-order valence-electron chi connectivity index (χ3n) is 8.28. The van der Waals surface area contributed by atoms with Gasteiger partial charge in [-0.2, -0.15) is 13.2 Å². The fraction of sp³-hybridized carbons (Fsp3) is 0.433. The third-order valence-corrected chi connectivity index (χ3v) is 9.41. The summed E-state index contributed by atoms with van der Waals surface area (Å²) in [4.78, 5) is 51.1. The van der Waals surface area contributed by atoms with Crippen LogP contribution in [0.2, 0.25) is 0 Å². The highest BCUT2D eigenvalue weighted by molar-refractivity contribution is 7.90. The van der Waals surface area contributed by atoms with E-state index in [1.165, 1.54) is 0 Å². The number of alkyl halides is 3. The average molecular weight is 663 g/mol. The van der Waals surface area contributed by atoms with Crippen LogP contribution in [0.3, 0.4) is 0 Å². The van der Waals surface area contributed by atoms with E-state index in [4.69, 9.17) is 9.90 Å². The fourth-order valence-corrected chi connectivity index (χ4v) is 6.58. The number of aromatic amines is 1. The number of halogens is 3. The quantitative estimate of drug-likeness (QED) is 0.344. The highest BCUT2D eigenvalue weighted by atomic mass is 32.2. The van der Waals surface area contributed by atoms with Gasteiger partial charge < -0.3 is 25.2 Å². The fourth-order valence-electron chi connectivity index (χ4n) is 5.65. The summed E-state index contributed by atoms with van der Waals surface area (Å²) in [5, 5.41) is 10.1. The van der Waals surface area contributed by atoms with Crippen LogP contribution in [0.5, 0.6) is 0 Å². The van der Waals surface area contributed by atoms with Crippen molar-refractivity contribution in [2.75, 3.05) is 26.4 Å². The number of fused-ring (bicyclic) bond motifs is 1. The smallest absolute Gasteiger partial charge is 0.475 e. The van der Waals surface area contributed by atoms with E-state index in [9.17, 15) is 31.2 Å². The molecular weight excluding hydrogens is 629 g/mol. The predicted octanol–water partition coefficient (Wildman–Crippen LogP) is 3.28. The van der Waals surface area contributed by atoms with Crippen molar-refractivity contribution in [3.8, 4) is 22.6 Å². The molecule has 1 saturated heterocycles. The Morgan fingerprint density at radius 2 is 1.80 bits per heavy atom. The molecule has 1 saturated carbocycles. The maximum Gasteiger partial charge on any atom is 0.490 e. The second-order valence-corrected chi connectivity index (χ2v) is 13.9. The number of likely N-dealkylation sites (N-methyl/N-ethyl adjacent to an activating group) is 1. The molecule has 3 aliphatic rings. The van der Waals surface area contributed by atoms with Crippen molar-refractivity contribution in [2.24, 2.45) is 5.92 Å². The standard InChI is InChI=1S/C28H32N6O4S.C2HF3O2/c1-15-25(27(35)31-21-13-33(3)14-21)32-26(30-15)22-10-18(7-8-29-22)19-9-20-12-34(16(2)17-5-6-17)28(36)24(20)23(11-19)39(4,37)38;3-2(4,5)1(6)7/h7-11,16-17,21H,5-6,12-14H2,1-4H3,(H,30,32)(H,31,35);(H,6,7)/t16-;/m0./s1. The van der Waals surface area contributed by atoms with Crippen LogP contribution in [-0.2, 0) is 21.2 Å². The van der Waals surface area contributed by atoms with E-state index in [1.54, 1.807) is 30.2 Å². The van der Waals surface area contributed by atoms with E-state index in [0.29, 0.717) is 40.9 Å². The number of pyridine rings is 1. The molecule has 4 heterocycles. The van der Waals surface area contributed by atoms with Crippen LogP contribution in [0.15, 0.2) is 35.4 Å². The number of sulfone groups is 1. The SMILES string of the molecule is Cc1nc(-c2cc(-c3cc4c(c(S(C)(=O)=O)c3)C(=O)N([C@@H](C)C3CC3)C4)ccn2)[nH]c1C(=O)NC1CN(C)C1.O=C(O)C(F)(F)F. The van der Waals surface area contributed by atoms with Crippen LogP contribution in [-0.4, -0.2) is 101 Å². The molecule has 46 heavy (non-hydrogen) atoms. The Hall–Kier alpha value is -4.31. The second-order valence-electron chi connectivity index (χ2n) is 12.0. The van der Waals surface area contributed by atoms with Gasteiger partial charge in [-0.1, -0.05) is 0 Å². The lowest BCUT2D eigenvalue weighted by atomic mass is 10.0. The molecule has 0 unspecified atom stereocenters. The number of amides is 2. The van der Waals surface area contributed by atoms with Gasteiger partial charge in [0.15, 0.2) is 15.7 Å². The van der Waals surface area contributed by atoms with Gasteiger partial charge in [-0.05, 0) is 80.6 Å². The van der Waals surface area contributed by atoms with E-state index < -0.39 is 22.0 Å². The molecule has 16 heteroatoms. The lowest BCUT2D eigenvalue weighted by Gasteiger charge is -2.36. The van der Waals surface area contributed by atoms with E-state index in [2.05, 4.69) is 25.2 Å². The van der Waals surface area contributed by atoms with Gasteiger partial charge in [-0.25, -0.2) is 18.2 Å². The molecule has 1 aliphatic carbocycles. The number of likely N-dealkylation sites (tertiary alicyclic amines) is 1. The Morgan fingerprint density at radius 1 is 1.15 bits per heavy atom. The number of imidazole rings is 1. The summed E-state index contributed by atoms with van der Waals surface area (Å²) in [5.41, 5.74) is 3.93. The van der Waals surface area contributed by atoms with Gasteiger partial charge in [0.2, 0.25) is 0 Å². The summed E-state index contributed by atoms with van der Waals surface area (Å²) >= 11 is 0. The number of carboxylic acids is 1. The van der Waals surface area contributed by atoms with Gasteiger partial charge in [-0.3, -0.25) is 14.6 Å². The molecule has 2 aliphatic heterocycles. The van der Waals surface area contributed by atoms with Gasteiger partial charge in [0, 0.05) is 38.1 Å². The Balaban J connectivity index is 0.000000537. The van der Waals surface area contributed by atoms with E-state index in [0.717, 1.165) is 43.3 Å². The Kier molecular flexibility index (Phi) is 8.72. The summed E-state index contributed by atoms with van der Waals surface area (Å²) in [6.07, 6.45) is -0.117. The van der Waals surface area contributed by atoms with Crippen molar-refractivity contribution in [3.63, 3.8) is 0 Å². The van der Waals surface area contributed by atoms with Crippen molar-refractivity contribution in [3.05, 3.63) is 53.0 Å². The second kappa shape index (κ2) is 12.1. The molecule has 246 valence electrons. The van der Waals surface area contributed by atoms with Crippen LogP contribution >= 0.6 is 0 Å². The topological polar surface area (TPSA) is 166 Å². The third kappa shape index (κ3) is 6.92. The monoisotopic (exact) mass is 662 g/mol. The highest BCUT2D eigenvalue weighted by Gasteiger charge is 2.41. The van der Waals surface area contributed by atoms with Crippen molar-refractivity contribution >= 4 is 27.6 Å². The number of hydrogen-bond acceptors (Lipinski definition) is 8. The minimum absolute atomic E-state index is 0.0540. The molecule has 3 N–H and O–H groups in total. The molecular formula is C30H33F3N6O6S. The number of aryl methyl sites for hydroxylation is 1. The van der Waals surface area contributed by atoms with E-state index in [-0.39, 0.29) is 34.4 Å². The number of nitrogens with one attached hydrogen (secondary N) is 2. The van der Waals surface area contributed by atoms with Crippen molar-refractivity contribution in [2.45, 2.75) is 56.4 Å². The number of carbonyl (C=O) groups is 3. The van der Waals surface area contributed by atoms with Crippen molar-refractivity contribution < 1.29 is 41.1 Å². The summed E-state index contributed by atoms with van der Waals surface area (Å²) in [7, 11) is -1.66. The zero-order valence-electron chi connectivity index (χ0n) is 25.5. The number of H-pyrrole nitrogens is 1. The zero-order valence-corrected chi connectivity index (χ0v) is 26.3.